The van der Waals surface area contributed by atoms with Gasteiger partial charge < -0.3 is 20.3 Å². The molecule has 0 aliphatic rings. The van der Waals surface area contributed by atoms with Crippen LogP contribution < -0.4 is 5.32 Å². The minimum atomic E-state index is -0.672. The van der Waals surface area contributed by atoms with Gasteiger partial charge in [-0.15, -0.1) is 0 Å². The molecule has 67 heavy (non-hydrogen) atoms. The molecule has 0 rings (SSSR count). The van der Waals surface area contributed by atoms with E-state index in [1.54, 1.807) is 0 Å². The summed E-state index contributed by atoms with van der Waals surface area (Å²) in [6.07, 6.45) is 67.8. The van der Waals surface area contributed by atoms with Crippen molar-refractivity contribution in [2.24, 2.45) is 0 Å². The molecule has 0 radical (unpaired) electrons. The first kappa shape index (κ1) is 65.6. The number of aliphatic hydroxyl groups is 2. The van der Waals surface area contributed by atoms with Crippen molar-refractivity contribution in [3.63, 3.8) is 0 Å². The summed E-state index contributed by atoms with van der Waals surface area (Å²) in [5.74, 6) is -0.0538. The number of carbonyl (C=O) groups excluding carboxylic acids is 2. The average Bonchev–Trinajstić information content (AvgIpc) is 3.33. The molecule has 6 nitrogen and oxygen atoms in total. The number of hydrogen-bond acceptors (Lipinski definition) is 5. The van der Waals surface area contributed by atoms with Crippen LogP contribution >= 0.6 is 0 Å². The average molecular weight is 947 g/mol. The molecule has 2 unspecified atom stereocenters. The molecule has 3 N–H and O–H groups in total. The predicted molar refractivity (Wildman–Crippen MR) is 292 cm³/mol. The molecular weight excluding hydrogens is 827 g/mol. The summed E-state index contributed by atoms with van der Waals surface area (Å²) >= 11 is 0. The van der Waals surface area contributed by atoms with Gasteiger partial charge in [0.05, 0.1) is 25.4 Å². The molecule has 0 saturated carbocycles. The highest BCUT2D eigenvalue weighted by atomic mass is 16.5. The van der Waals surface area contributed by atoms with Crippen molar-refractivity contribution in [3.8, 4) is 0 Å². The maximum atomic E-state index is 12.5. The van der Waals surface area contributed by atoms with Crippen LogP contribution in [0.4, 0.5) is 0 Å². The molecule has 0 spiro atoms. The van der Waals surface area contributed by atoms with E-state index in [9.17, 15) is 19.8 Å². The van der Waals surface area contributed by atoms with Crippen molar-refractivity contribution >= 4 is 11.9 Å². The Hall–Kier alpha value is -1.40. The Bertz CT molecular complexity index is 1000. The summed E-state index contributed by atoms with van der Waals surface area (Å²) in [6, 6.07) is -0.550. The second-order valence-electron chi connectivity index (χ2n) is 21.0. The van der Waals surface area contributed by atoms with Crippen LogP contribution in [0.1, 0.15) is 341 Å². The number of hydrogen-bond donors (Lipinski definition) is 3. The van der Waals surface area contributed by atoms with Gasteiger partial charge in [0.15, 0.2) is 0 Å². The third-order valence-corrected chi connectivity index (χ3v) is 14.3. The molecule has 0 saturated heterocycles. The fourth-order valence-electron chi connectivity index (χ4n) is 9.62. The van der Waals surface area contributed by atoms with Crippen LogP contribution in [0, 0.1) is 0 Å². The van der Waals surface area contributed by atoms with E-state index in [1.807, 2.05) is 0 Å². The lowest BCUT2D eigenvalue weighted by Gasteiger charge is -2.22. The Kier molecular flexibility index (Phi) is 56.0. The molecule has 0 aromatic heterocycles. The molecule has 398 valence electrons. The molecule has 0 aromatic rings. The fraction of sp³-hybridized carbons (Fsp3) is 0.934. The van der Waals surface area contributed by atoms with Gasteiger partial charge in [0.2, 0.25) is 5.91 Å². The highest BCUT2D eigenvalue weighted by Crippen LogP contribution is 2.18. The second kappa shape index (κ2) is 57.2. The summed E-state index contributed by atoms with van der Waals surface area (Å²) in [7, 11) is 0. The van der Waals surface area contributed by atoms with Gasteiger partial charge in [-0.3, -0.25) is 9.59 Å². The number of allylic oxidation sites excluding steroid dienone is 2. The quantitative estimate of drug-likeness (QED) is 0.0321. The van der Waals surface area contributed by atoms with Crippen molar-refractivity contribution in [2.45, 2.75) is 353 Å². The molecule has 0 fully saturated rings. The third kappa shape index (κ3) is 53.8. The van der Waals surface area contributed by atoms with Crippen LogP contribution in [0.3, 0.4) is 0 Å². The Morgan fingerprint density at radius 3 is 1.10 bits per heavy atom. The minimum absolute atomic E-state index is 0.0121. The molecule has 0 bridgehead atoms. The number of unbranched alkanes of at least 4 members (excludes halogenated alkanes) is 44. The smallest absolute Gasteiger partial charge is 0.305 e. The summed E-state index contributed by atoms with van der Waals surface area (Å²) in [4.78, 5) is 24.5. The van der Waals surface area contributed by atoms with Crippen LogP contribution in [0.2, 0.25) is 0 Å². The van der Waals surface area contributed by atoms with E-state index in [-0.39, 0.29) is 18.5 Å². The van der Waals surface area contributed by atoms with E-state index < -0.39 is 12.1 Å². The van der Waals surface area contributed by atoms with E-state index in [1.165, 1.54) is 257 Å². The molecular formula is C61H119NO5. The second-order valence-corrected chi connectivity index (χ2v) is 21.0. The molecule has 0 aliphatic carbocycles. The Morgan fingerprint density at radius 1 is 0.403 bits per heavy atom. The minimum Gasteiger partial charge on any atom is -0.466 e. The van der Waals surface area contributed by atoms with Crippen LogP contribution in [0.25, 0.3) is 0 Å². The van der Waals surface area contributed by atoms with Gasteiger partial charge in [-0.2, -0.15) is 0 Å². The molecule has 0 aliphatic heterocycles. The molecule has 1 amide bonds. The summed E-state index contributed by atoms with van der Waals surface area (Å²) in [5, 5.41) is 23.4. The zero-order chi connectivity index (χ0) is 48.6. The summed E-state index contributed by atoms with van der Waals surface area (Å²) in [5.41, 5.74) is 0. The van der Waals surface area contributed by atoms with Crippen LogP contribution in [-0.4, -0.2) is 47.4 Å². The van der Waals surface area contributed by atoms with Crippen LogP contribution in [0.15, 0.2) is 12.2 Å². The number of nitrogens with one attached hydrogen (secondary N) is 1. The predicted octanol–water partition coefficient (Wildman–Crippen LogP) is 18.9. The van der Waals surface area contributed by atoms with E-state index in [0.29, 0.717) is 25.9 Å². The SMILES string of the molecule is CCCC/C=C\CCCCCCCC(=O)OCCCCCCCCCCCCCCCCC(=O)NC(CO)C(O)CCCCCCCCCCCCCCCCCCCCCCCCCCC. The zero-order valence-corrected chi connectivity index (χ0v) is 45.4. The van der Waals surface area contributed by atoms with Crippen molar-refractivity contribution in [3.05, 3.63) is 12.2 Å². The van der Waals surface area contributed by atoms with Crippen molar-refractivity contribution in [1.82, 2.24) is 5.32 Å². The lowest BCUT2D eigenvalue weighted by molar-refractivity contribution is -0.143. The molecule has 2 atom stereocenters. The number of rotatable bonds is 57. The van der Waals surface area contributed by atoms with Gasteiger partial charge in [-0.05, 0) is 44.9 Å². The van der Waals surface area contributed by atoms with Crippen LogP contribution in [0.5, 0.6) is 0 Å². The molecule has 0 aromatic carbocycles. The maximum absolute atomic E-state index is 12.5. The zero-order valence-electron chi connectivity index (χ0n) is 45.4. The summed E-state index contributed by atoms with van der Waals surface area (Å²) in [6.45, 7) is 4.92. The third-order valence-electron chi connectivity index (χ3n) is 14.3. The van der Waals surface area contributed by atoms with Crippen molar-refractivity contribution in [1.29, 1.82) is 0 Å². The number of amides is 1. The highest BCUT2D eigenvalue weighted by molar-refractivity contribution is 5.76. The van der Waals surface area contributed by atoms with E-state index >= 15 is 0 Å². The lowest BCUT2D eigenvalue weighted by Crippen LogP contribution is -2.45. The molecule has 6 heteroatoms. The van der Waals surface area contributed by atoms with Gasteiger partial charge in [-0.1, -0.05) is 296 Å². The van der Waals surface area contributed by atoms with E-state index in [2.05, 4.69) is 31.3 Å². The van der Waals surface area contributed by atoms with E-state index in [4.69, 9.17) is 4.74 Å². The summed E-state index contributed by atoms with van der Waals surface area (Å²) < 4.78 is 5.45. The van der Waals surface area contributed by atoms with Gasteiger partial charge in [0, 0.05) is 12.8 Å². The Morgan fingerprint density at radius 2 is 0.716 bits per heavy atom. The normalized spacial score (nSPS) is 12.6. The van der Waals surface area contributed by atoms with Gasteiger partial charge in [0.1, 0.15) is 0 Å². The largest absolute Gasteiger partial charge is 0.466 e. The van der Waals surface area contributed by atoms with E-state index in [0.717, 1.165) is 51.4 Å². The van der Waals surface area contributed by atoms with Crippen molar-refractivity contribution < 1.29 is 24.5 Å². The maximum Gasteiger partial charge on any atom is 0.305 e. The number of ether oxygens (including phenoxy) is 1. The topological polar surface area (TPSA) is 95.9 Å². The lowest BCUT2D eigenvalue weighted by atomic mass is 10.0. The number of carbonyl (C=O) groups is 2. The standard InChI is InChI=1S/C61H119NO5/c1-3-5-7-9-11-13-15-16-17-18-19-20-21-22-23-24-25-26-27-30-34-37-41-45-49-53-59(64)58(57-63)62-60(65)54-50-46-42-38-35-31-28-29-32-36-40-44-48-52-56-67-61(66)55-51-47-43-39-33-14-12-10-8-6-4-2/h10,12,58-59,63-64H,3-9,11,13-57H2,1-2H3,(H,62,65)/b12-10-. The van der Waals surface area contributed by atoms with Crippen LogP contribution in [-0.2, 0) is 14.3 Å². The highest BCUT2D eigenvalue weighted by Gasteiger charge is 2.20. The Balaban J connectivity index is 3.43. The Labute approximate surface area is 419 Å². The first-order valence-electron chi connectivity index (χ1n) is 30.4. The monoisotopic (exact) mass is 946 g/mol. The van der Waals surface area contributed by atoms with Crippen molar-refractivity contribution in [2.75, 3.05) is 13.2 Å². The number of esters is 1. The molecule has 0 heterocycles. The fourth-order valence-corrected chi connectivity index (χ4v) is 9.62. The first-order valence-corrected chi connectivity index (χ1v) is 30.4. The van der Waals surface area contributed by atoms with Gasteiger partial charge in [0.25, 0.3) is 0 Å². The number of aliphatic hydroxyl groups excluding tert-OH is 2. The van der Waals surface area contributed by atoms with Gasteiger partial charge >= 0.3 is 5.97 Å². The van der Waals surface area contributed by atoms with Gasteiger partial charge in [-0.25, -0.2) is 0 Å². The first-order chi connectivity index (χ1) is 33.0.